The molecule has 0 fully saturated rings. The maximum Gasteiger partial charge on any atom is 0.272 e. The average Bonchev–Trinajstić information content (AvgIpc) is 3.14. The summed E-state index contributed by atoms with van der Waals surface area (Å²) in [5, 5.41) is 27.2. The molecule has 0 aliphatic carbocycles. The number of nitrogens with one attached hydrogen (secondary N) is 1. The summed E-state index contributed by atoms with van der Waals surface area (Å²) >= 11 is 1.37. The molecule has 0 amide bonds. The maximum absolute atomic E-state index is 11.1. The lowest BCUT2D eigenvalue weighted by molar-refractivity contribution is -0.385. The number of nitrogens with zero attached hydrogens (tertiary/aromatic N) is 3. The number of hydrogen-bond acceptors (Lipinski definition) is 7. The van der Waals surface area contributed by atoms with E-state index in [1.807, 2.05) is 30.5 Å². The molecular weight excluding hydrogens is 364 g/mol. The number of hydrazone groups is 1. The summed E-state index contributed by atoms with van der Waals surface area (Å²) in [5.74, 6) is 0. The van der Waals surface area contributed by atoms with Crippen LogP contribution in [0.25, 0.3) is 5.57 Å². The summed E-state index contributed by atoms with van der Waals surface area (Å²) < 4.78 is 0. The zero-order valence-corrected chi connectivity index (χ0v) is 15.6. The van der Waals surface area contributed by atoms with Crippen LogP contribution < -0.4 is 5.43 Å². The van der Waals surface area contributed by atoms with Crippen molar-refractivity contribution in [3.63, 3.8) is 0 Å². The third-order valence-corrected chi connectivity index (χ3v) is 4.27. The number of nitro benzene ring substituents is 1. The quantitative estimate of drug-likeness (QED) is 0.292. The van der Waals surface area contributed by atoms with Crippen LogP contribution in [0.4, 0.5) is 10.8 Å². The van der Waals surface area contributed by atoms with Gasteiger partial charge in [-0.1, -0.05) is 49.1 Å². The monoisotopic (exact) mass is 384 g/mol. The van der Waals surface area contributed by atoms with Crippen LogP contribution in [0.5, 0.6) is 0 Å². The Balaban J connectivity index is 2.15. The van der Waals surface area contributed by atoms with Crippen LogP contribution in [0.15, 0.2) is 65.6 Å². The van der Waals surface area contributed by atoms with Gasteiger partial charge < -0.3 is 5.11 Å². The van der Waals surface area contributed by atoms with Gasteiger partial charge in [-0.05, 0) is 6.92 Å². The van der Waals surface area contributed by atoms with Gasteiger partial charge in [-0.15, -0.1) is 11.3 Å². The summed E-state index contributed by atoms with van der Waals surface area (Å²) in [6, 6.07) is 6.40. The van der Waals surface area contributed by atoms with Crippen LogP contribution >= 0.6 is 11.3 Å². The van der Waals surface area contributed by atoms with Crippen molar-refractivity contribution in [3.8, 4) is 0 Å². The molecule has 2 aromatic rings. The Hall–Kier alpha value is -3.10. The molecular formula is C19H20N4O3S. The van der Waals surface area contributed by atoms with Crippen molar-refractivity contribution in [2.75, 3.05) is 12.0 Å². The number of rotatable bonds is 9. The number of allylic oxidation sites excluding steroid dienone is 5. The van der Waals surface area contributed by atoms with Crippen LogP contribution in [0.1, 0.15) is 18.2 Å². The van der Waals surface area contributed by atoms with Crippen molar-refractivity contribution < 1.29 is 10.0 Å². The number of para-hydroxylation sites is 1. The summed E-state index contributed by atoms with van der Waals surface area (Å²) in [7, 11) is 0. The van der Waals surface area contributed by atoms with Crippen LogP contribution in [0.2, 0.25) is 0 Å². The van der Waals surface area contributed by atoms with Crippen molar-refractivity contribution in [1.82, 2.24) is 4.98 Å². The molecule has 0 unspecified atom stereocenters. The normalized spacial score (nSPS) is 12.4. The van der Waals surface area contributed by atoms with Gasteiger partial charge in [0.25, 0.3) is 5.69 Å². The van der Waals surface area contributed by atoms with Gasteiger partial charge in [-0.3, -0.25) is 15.5 Å². The predicted octanol–water partition coefficient (Wildman–Crippen LogP) is 4.20. The molecule has 0 saturated carbocycles. The Labute approximate surface area is 161 Å². The van der Waals surface area contributed by atoms with E-state index in [2.05, 4.69) is 22.1 Å². The summed E-state index contributed by atoms with van der Waals surface area (Å²) in [4.78, 5) is 15.1. The lowest BCUT2D eigenvalue weighted by atomic mass is 10.1. The fourth-order valence-electron chi connectivity index (χ4n) is 2.31. The summed E-state index contributed by atoms with van der Waals surface area (Å²) in [6.45, 7) is 5.29. The lowest BCUT2D eigenvalue weighted by Gasteiger charge is -2.05. The highest BCUT2D eigenvalue weighted by molar-refractivity contribution is 7.13. The largest absolute Gasteiger partial charge is 0.390 e. The van der Waals surface area contributed by atoms with Gasteiger partial charge >= 0.3 is 0 Å². The standard InChI is InChI=1S/C19H20N4O3S/c1-3-7-14(8-4-2)17-13-27-19(20-17)22-21-16(12-24)11-15-9-5-6-10-18(15)23(25)26/h3-10,13,24H,1,11-12H2,2H3,(H,20,22)/b8-4-,14-7+,21-16-. The molecule has 0 saturated heterocycles. The second kappa shape index (κ2) is 10.1. The summed E-state index contributed by atoms with van der Waals surface area (Å²) in [5.41, 5.74) is 5.37. The molecule has 140 valence electrons. The van der Waals surface area contributed by atoms with E-state index in [9.17, 15) is 15.2 Å². The third kappa shape index (κ3) is 5.70. The number of anilines is 1. The van der Waals surface area contributed by atoms with Crippen molar-refractivity contribution >= 4 is 33.4 Å². The Kier molecular flexibility index (Phi) is 7.60. The number of aliphatic hydroxyl groups excluding tert-OH is 1. The van der Waals surface area contributed by atoms with Crippen LogP contribution in [0.3, 0.4) is 0 Å². The average molecular weight is 384 g/mol. The molecule has 1 aromatic carbocycles. The third-order valence-electron chi connectivity index (χ3n) is 3.52. The Morgan fingerprint density at radius 2 is 2.26 bits per heavy atom. The van der Waals surface area contributed by atoms with Gasteiger partial charge in [-0.25, -0.2) is 4.98 Å². The van der Waals surface area contributed by atoms with Gasteiger partial charge in [0.2, 0.25) is 5.13 Å². The minimum absolute atomic E-state index is 0.000687. The first-order valence-corrected chi connectivity index (χ1v) is 9.03. The van der Waals surface area contributed by atoms with Gasteiger partial charge in [0.05, 0.1) is 22.9 Å². The van der Waals surface area contributed by atoms with Crippen molar-refractivity contribution in [3.05, 3.63) is 81.9 Å². The molecule has 0 spiro atoms. The number of hydrogen-bond donors (Lipinski definition) is 2. The molecule has 0 aliphatic rings. The predicted molar refractivity (Wildman–Crippen MR) is 110 cm³/mol. The van der Waals surface area contributed by atoms with Gasteiger partial charge in [0.1, 0.15) is 0 Å². The molecule has 1 heterocycles. The van der Waals surface area contributed by atoms with Gasteiger partial charge in [-0.2, -0.15) is 5.10 Å². The van der Waals surface area contributed by atoms with Crippen LogP contribution in [0, 0.1) is 10.1 Å². The highest BCUT2D eigenvalue weighted by Crippen LogP contribution is 2.23. The van der Waals surface area contributed by atoms with E-state index in [0.717, 1.165) is 11.3 Å². The number of aromatic nitrogens is 1. The first kappa shape index (κ1) is 20.2. The first-order chi connectivity index (χ1) is 13.1. The number of benzene rings is 1. The van der Waals surface area contributed by atoms with Crippen molar-refractivity contribution in [2.45, 2.75) is 13.3 Å². The number of aliphatic hydroxyl groups is 1. The fourth-order valence-corrected chi connectivity index (χ4v) is 2.97. The van der Waals surface area contributed by atoms with Gasteiger partial charge in [0.15, 0.2) is 0 Å². The van der Waals surface area contributed by atoms with E-state index >= 15 is 0 Å². The zero-order valence-electron chi connectivity index (χ0n) is 14.8. The maximum atomic E-state index is 11.1. The van der Waals surface area contributed by atoms with E-state index in [1.54, 1.807) is 24.3 Å². The number of thiazole rings is 1. The number of nitro groups is 1. The molecule has 7 nitrogen and oxygen atoms in total. The molecule has 2 N–H and O–H groups in total. The lowest BCUT2D eigenvalue weighted by Crippen LogP contribution is -2.12. The molecule has 8 heteroatoms. The van der Waals surface area contributed by atoms with Crippen LogP contribution in [-0.4, -0.2) is 27.3 Å². The molecule has 1 aromatic heterocycles. The second-order valence-corrected chi connectivity index (χ2v) is 6.26. The van der Waals surface area contributed by atoms with E-state index in [0.29, 0.717) is 16.4 Å². The van der Waals surface area contributed by atoms with Gasteiger partial charge in [0, 0.05) is 29.0 Å². The molecule has 0 bridgehead atoms. The van der Waals surface area contributed by atoms with Crippen molar-refractivity contribution in [1.29, 1.82) is 0 Å². The Morgan fingerprint density at radius 3 is 2.93 bits per heavy atom. The fraction of sp³-hybridized carbons (Fsp3) is 0.158. The molecule has 0 radical (unpaired) electrons. The first-order valence-electron chi connectivity index (χ1n) is 8.15. The molecule has 0 aliphatic heterocycles. The topological polar surface area (TPSA) is 101 Å². The van der Waals surface area contributed by atoms with E-state index < -0.39 is 4.92 Å². The van der Waals surface area contributed by atoms with Crippen LogP contribution in [-0.2, 0) is 6.42 Å². The molecule has 2 rings (SSSR count). The van der Waals surface area contributed by atoms with E-state index in [4.69, 9.17) is 0 Å². The minimum atomic E-state index is -0.445. The second-order valence-electron chi connectivity index (χ2n) is 5.41. The molecule has 0 atom stereocenters. The van der Waals surface area contributed by atoms with E-state index in [-0.39, 0.29) is 18.7 Å². The minimum Gasteiger partial charge on any atom is -0.390 e. The zero-order chi connectivity index (χ0) is 19.6. The smallest absolute Gasteiger partial charge is 0.272 e. The highest BCUT2D eigenvalue weighted by Gasteiger charge is 2.14. The van der Waals surface area contributed by atoms with E-state index in [1.165, 1.54) is 17.4 Å². The Bertz CT molecular complexity index is 900. The highest BCUT2D eigenvalue weighted by atomic mass is 32.1. The van der Waals surface area contributed by atoms with Crippen molar-refractivity contribution in [2.24, 2.45) is 5.10 Å². The summed E-state index contributed by atoms with van der Waals surface area (Å²) in [6.07, 6.45) is 7.56. The SMILES string of the molecule is C=C/C=C(\C=C/C)c1csc(N/N=C(\CO)Cc2ccccc2[N+](=O)[O-])n1. The molecule has 27 heavy (non-hydrogen) atoms. The Morgan fingerprint density at radius 1 is 1.48 bits per heavy atom.